The van der Waals surface area contributed by atoms with Crippen molar-refractivity contribution in [1.82, 2.24) is 4.90 Å². The van der Waals surface area contributed by atoms with Crippen molar-refractivity contribution in [3.63, 3.8) is 0 Å². The molecule has 0 bridgehead atoms. The molecule has 0 amide bonds. The standard InChI is InChI=1S/C17H27NO3/c1-4-11-21-16-8-5-7-15(12-16)13-18(14(2)3)10-6-9-17(19)20/h5,7-8,12,14H,4,6,9-11,13H2,1-3H3,(H,19,20). The van der Waals surface area contributed by atoms with Crippen LogP contribution in [0.3, 0.4) is 0 Å². The predicted octanol–water partition coefficient (Wildman–Crippen LogP) is 3.55. The molecule has 0 aliphatic carbocycles. The lowest BCUT2D eigenvalue weighted by atomic mass is 10.1. The maximum atomic E-state index is 10.6. The van der Waals surface area contributed by atoms with Crippen molar-refractivity contribution in [3.05, 3.63) is 29.8 Å². The Morgan fingerprint density at radius 1 is 1.38 bits per heavy atom. The van der Waals surface area contributed by atoms with Gasteiger partial charge in [-0.3, -0.25) is 9.69 Å². The third-order valence-electron chi connectivity index (χ3n) is 3.32. The molecule has 0 aliphatic rings. The highest BCUT2D eigenvalue weighted by atomic mass is 16.5. The van der Waals surface area contributed by atoms with Crippen molar-refractivity contribution in [2.75, 3.05) is 13.2 Å². The lowest BCUT2D eigenvalue weighted by Gasteiger charge is -2.26. The van der Waals surface area contributed by atoms with Gasteiger partial charge in [-0.2, -0.15) is 0 Å². The highest BCUT2D eigenvalue weighted by Crippen LogP contribution is 2.16. The molecule has 0 radical (unpaired) electrons. The van der Waals surface area contributed by atoms with Crippen LogP contribution >= 0.6 is 0 Å². The third kappa shape index (κ3) is 7.14. The van der Waals surface area contributed by atoms with Crippen LogP contribution in [0.1, 0.15) is 45.6 Å². The second-order valence-electron chi connectivity index (χ2n) is 5.56. The second-order valence-corrected chi connectivity index (χ2v) is 5.56. The van der Waals surface area contributed by atoms with Gasteiger partial charge in [0.1, 0.15) is 5.75 Å². The summed E-state index contributed by atoms with van der Waals surface area (Å²) in [5, 5.41) is 8.74. The second kappa shape index (κ2) is 9.40. The Morgan fingerprint density at radius 3 is 2.76 bits per heavy atom. The number of hydrogen-bond acceptors (Lipinski definition) is 3. The van der Waals surface area contributed by atoms with E-state index in [4.69, 9.17) is 9.84 Å². The zero-order valence-corrected chi connectivity index (χ0v) is 13.3. The summed E-state index contributed by atoms with van der Waals surface area (Å²) < 4.78 is 5.65. The Labute approximate surface area is 127 Å². The minimum Gasteiger partial charge on any atom is -0.494 e. The maximum Gasteiger partial charge on any atom is 0.303 e. The van der Waals surface area contributed by atoms with E-state index in [2.05, 4.69) is 37.8 Å². The molecule has 1 rings (SSSR count). The fourth-order valence-electron chi connectivity index (χ4n) is 2.14. The molecule has 21 heavy (non-hydrogen) atoms. The molecule has 0 saturated carbocycles. The fraction of sp³-hybridized carbons (Fsp3) is 0.588. The molecule has 0 atom stereocenters. The normalized spacial score (nSPS) is 11.1. The minimum absolute atomic E-state index is 0.225. The Bertz CT molecular complexity index is 432. The van der Waals surface area contributed by atoms with Crippen LogP contribution in [0.2, 0.25) is 0 Å². The van der Waals surface area contributed by atoms with E-state index in [0.717, 1.165) is 31.9 Å². The summed E-state index contributed by atoms with van der Waals surface area (Å²) in [6.07, 6.45) is 1.90. The monoisotopic (exact) mass is 293 g/mol. The van der Waals surface area contributed by atoms with E-state index >= 15 is 0 Å². The topological polar surface area (TPSA) is 49.8 Å². The van der Waals surface area contributed by atoms with Crippen LogP contribution in [-0.4, -0.2) is 35.2 Å². The Hall–Kier alpha value is -1.55. The van der Waals surface area contributed by atoms with Crippen LogP contribution in [0.15, 0.2) is 24.3 Å². The Kier molecular flexibility index (Phi) is 7.83. The van der Waals surface area contributed by atoms with Gasteiger partial charge in [-0.1, -0.05) is 19.1 Å². The van der Waals surface area contributed by atoms with E-state index in [-0.39, 0.29) is 6.42 Å². The summed E-state index contributed by atoms with van der Waals surface area (Å²) >= 11 is 0. The quantitative estimate of drug-likeness (QED) is 0.716. The first-order chi connectivity index (χ1) is 10.0. The molecule has 4 heteroatoms. The number of hydrogen-bond donors (Lipinski definition) is 1. The van der Waals surface area contributed by atoms with E-state index in [0.29, 0.717) is 12.5 Å². The summed E-state index contributed by atoms with van der Waals surface area (Å²) in [5.74, 6) is 0.178. The maximum absolute atomic E-state index is 10.6. The highest BCUT2D eigenvalue weighted by Gasteiger charge is 2.11. The van der Waals surface area contributed by atoms with Gasteiger partial charge in [0.15, 0.2) is 0 Å². The third-order valence-corrected chi connectivity index (χ3v) is 3.32. The number of ether oxygens (including phenoxy) is 1. The van der Waals surface area contributed by atoms with Gasteiger partial charge < -0.3 is 9.84 Å². The van der Waals surface area contributed by atoms with E-state index in [1.165, 1.54) is 5.56 Å². The van der Waals surface area contributed by atoms with Gasteiger partial charge >= 0.3 is 5.97 Å². The lowest BCUT2D eigenvalue weighted by molar-refractivity contribution is -0.137. The number of carbonyl (C=O) groups is 1. The average Bonchev–Trinajstić information content (AvgIpc) is 2.44. The van der Waals surface area contributed by atoms with Crippen molar-refractivity contribution in [3.8, 4) is 5.75 Å². The van der Waals surface area contributed by atoms with Gasteiger partial charge in [-0.05, 0) is 50.9 Å². The van der Waals surface area contributed by atoms with Crippen LogP contribution in [-0.2, 0) is 11.3 Å². The smallest absolute Gasteiger partial charge is 0.303 e. The molecule has 118 valence electrons. The molecule has 0 aliphatic heterocycles. The summed E-state index contributed by atoms with van der Waals surface area (Å²) in [4.78, 5) is 12.9. The fourth-order valence-corrected chi connectivity index (χ4v) is 2.14. The molecular weight excluding hydrogens is 266 g/mol. The van der Waals surface area contributed by atoms with Gasteiger partial charge in [-0.25, -0.2) is 0 Å². The summed E-state index contributed by atoms with van der Waals surface area (Å²) in [6, 6.07) is 8.53. The molecular formula is C17H27NO3. The number of benzene rings is 1. The lowest BCUT2D eigenvalue weighted by Crippen LogP contribution is -2.31. The molecule has 0 fully saturated rings. The van der Waals surface area contributed by atoms with Gasteiger partial charge in [0.05, 0.1) is 6.61 Å². The van der Waals surface area contributed by atoms with Crippen LogP contribution < -0.4 is 4.74 Å². The molecule has 4 nitrogen and oxygen atoms in total. The molecule has 1 N–H and O–H groups in total. The van der Waals surface area contributed by atoms with Crippen molar-refractivity contribution in [1.29, 1.82) is 0 Å². The highest BCUT2D eigenvalue weighted by molar-refractivity contribution is 5.66. The molecule has 0 spiro atoms. The van der Waals surface area contributed by atoms with Gasteiger partial charge in [0, 0.05) is 19.0 Å². The number of carboxylic acids is 1. The van der Waals surface area contributed by atoms with Crippen LogP contribution in [0.4, 0.5) is 0 Å². The molecule has 0 heterocycles. The zero-order valence-electron chi connectivity index (χ0n) is 13.3. The van der Waals surface area contributed by atoms with Crippen molar-refractivity contribution < 1.29 is 14.6 Å². The largest absolute Gasteiger partial charge is 0.494 e. The van der Waals surface area contributed by atoms with E-state index < -0.39 is 5.97 Å². The van der Waals surface area contributed by atoms with Crippen LogP contribution in [0.25, 0.3) is 0 Å². The van der Waals surface area contributed by atoms with Gasteiger partial charge in [0.2, 0.25) is 0 Å². The Morgan fingerprint density at radius 2 is 2.14 bits per heavy atom. The Balaban J connectivity index is 2.59. The first-order valence-electron chi connectivity index (χ1n) is 7.70. The van der Waals surface area contributed by atoms with Crippen LogP contribution in [0.5, 0.6) is 5.75 Å². The van der Waals surface area contributed by atoms with Crippen molar-refractivity contribution in [2.24, 2.45) is 0 Å². The number of carboxylic acid groups (broad SMARTS) is 1. The molecule has 1 aromatic carbocycles. The number of rotatable bonds is 10. The molecule has 0 saturated heterocycles. The van der Waals surface area contributed by atoms with Crippen molar-refractivity contribution >= 4 is 5.97 Å². The number of aliphatic carboxylic acids is 1. The van der Waals surface area contributed by atoms with Gasteiger partial charge in [-0.15, -0.1) is 0 Å². The first-order valence-corrected chi connectivity index (χ1v) is 7.70. The predicted molar refractivity (Wildman–Crippen MR) is 84.6 cm³/mol. The van der Waals surface area contributed by atoms with Crippen molar-refractivity contribution in [2.45, 2.75) is 52.6 Å². The van der Waals surface area contributed by atoms with Crippen LogP contribution in [0, 0.1) is 0 Å². The van der Waals surface area contributed by atoms with E-state index in [1.54, 1.807) is 0 Å². The average molecular weight is 293 g/mol. The number of nitrogens with zero attached hydrogens (tertiary/aromatic N) is 1. The summed E-state index contributed by atoms with van der Waals surface area (Å²) in [7, 11) is 0. The summed E-state index contributed by atoms with van der Waals surface area (Å²) in [6.45, 7) is 8.71. The van der Waals surface area contributed by atoms with E-state index in [9.17, 15) is 4.79 Å². The molecule has 0 aromatic heterocycles. The SMILES string of the molecule is CCCOc1cccc(CN(CCCC(=O)O)C(C)C)c1. The zero-order chi connectivity index (χ0) is 15.7. The minimum atomic E-state index is -0.728. The molecule has 0 unspecified atom stereocenters. The molecule has 1 aromatic rings. The summed E-state index contributed by atoms with van der Waals surface area (Å²) in [5.41, 5.74) is 1.20. The van der Waals surface area contributed by atoms with Gasteiger partial charge in [0.25, 0.3) is 0 Å². The first kappa shape index (κ1) is 17.5. The van der Waals surface area contributed by atoms with E-state index in [1.807, 2.05) is 12.1 Å².